The van der Waals surface area contributed by atoms with Crippen LogP contribution in [0.1, 0.15) is 53.0 Å². The quantitative estimate of drug-likeness (QED) is 0.0262. The molecule has 3 aliphatic rings. The van der Waals surface area contributed by atoms with Crippen molar-refractivity contribution < 1.29 is 14.4 Å². The molecule has 27 heteroatoms. The average Bonchev–Trinajstić information content (AvgIpc) is 1.14. The molecule has 3 amide bonds. The number of carbonyl (C=O) groups is 3. The molecule has 16 rings (SSSR count). The second-order valence-corrected chi connectivity index (χ2v) is 31.3. The first-order valence-corrected chi connectivity index (χ1v) is 40.0. The number of rotatable bonds is 24. The largest absolute Gasteiger partial charge is 0.369 e. The Morgan fingerprint density at radius 2 is 0.847 bits per heavy atom. The molecule has 0 atom stereocenters. The summed E-state index contributed by atoms with van der Waals surface area (Å²) >= 11 is 4.30. The minimum atomic E-state index is -0.0963. The molecule has 8 aromatic heterocycles. The highest BCUT2D eigenvalue weighted by molar-refractivity contribution is 7.18. The normalized spacial score (nSPS) is 14.2. The molecule has 13 aromatic rings. The molecule has 5 aromatic carbocycles. The fourth-order valence-electron chi connectivity index (χ4n) is 13.3. The van der Waals surface area contributed by atoms with Crippen molar-refractivity contribution in [3.8, 4) is 31.7 Å². The lowest BCUT2D eigenvalue weighted by atomic mass is 10.1. The number of likely N-dealkylation sites (N-methyl/N-ethyl adjacent to an activating group) is 3. The standard InChI is InChI=1S/2C29H29N7OS.C26H35N7OS/c1-35-14-16-36(17-15-35)22-6-3-5-21(18-22)33-29-31-13-11-25(34-29)26-8-9-27(38-26)28(37)32-19-20-4-2-7-24-23(20)10-12-30-24;1-35-13-15-36(16-14-35)23-4-2-3-22(18-23)33-29-31-12-10-24(34-29)26-7-8-27(38-26)28(37)32-19-20-5-6-21-9-11-30-25(21)17-20;1-31(2)14-5-4-12-27-25(34)24-10-9-23(35-24)22-11-13-28-26(30-22)29-20-7-6-8-21(19-20)33-17-15-32(3)16-18-33/h2-13,18,30H,14-17,19H2,1H3,(H,32,37)(H,31,33,34);2-12,17-18,30H,13-16,19H2,1H3,(H,32,37)(H,31,33,34);6-11,13,19H,4-5,12,14-18H2,1-3H3,(H,27,34)(H,28,29,30). The first-order chi connectivity index (χ1) is 54.2. The molecule has 11 heterocycles. The van der Waals surface area contributed by atoms with Crippen molar-refractivity contribution in [3.05, 3.63) is 233 Å². The Morgan fingerprint density at radius 3 is 1.31 bits per heavy atom. The van der Waals surface area contributed by atoms with Crippen LogP contribution in [0.25, 0.3) is 53.5 Å². The molecular weight excluding hydrogens is 1450 g/mol. The van der Waals surface area contributed by atoms with E-state index in [2.05, 4.69) is 193 Å². The zero-order valence-corrected chi connectivity index (χ0v) is 65.6. The number of unbranched alkanes of at least 4 members (excludes halogenated alkanes) is 1. The van der Waals surface area contributed by atoms with Gasteiger partial charge in [0.2, 0.25) is 17.8 Å². The van der Waals surface area contributed by atoms with Gasteiger partial charge in [0.15, 0.2) is 0 Å². The minimum Gasteiger partial charge on any atom is -0.369 e. The Hall–Kier alpha value is -11.4. The highest BCUT2D eigenvalue weighted by Crippen LogP contribution is 2.33. The lowest BCUT2D eigenvalue weighted by molar-refractivity contribution is 0.0947. The molecule has 3 aliphatic heterocycles. The van der Waals surface area contributed by atoms with E-state index >= 15 is 0 Å². The molecule has 0 bridgehead atoms. The van der Waals surface area contributed by atoms with Gasteiger partial charge in [-0.05, 0) is 205 Å². The molecule has 570 valence electrons. The van der Waals surface area contributed by atoms with Crippen LogP contribution in [0.15, 0.2) is 207 Å². The number of carbonyl (C=O) groups excluding carboxylic acids is 3. The SMILES string of the molecule is CN(C)CCCCNC(=O)c1ccc(-c2ccnc(Nc3cccc(N4CCN(C)CC4)c3)n2)s1.CN1CCN(c2cccc(Nc3nccc(-c4ccc(C(=O)NCc5ccc6cc[nH]c6c5)s4)n3)c2)CC1.CN1CCN(c2cccc(Nc3nccc(-c4ccc(C(=O)NCc5cccc6[nH]ccc56)s4)n3)c2)CC1. The second kappa shape index (κ2) is 36.9. The Bertz CT molecular complexity index is 5260. The highest BCUT2D eigenvalue weighted by Gasteiger charge is 2.21. The maximum absolute atomic E-state index is 12.9. The molecule has 3 fully saturated rings. The number of nitrogens with zero attached hydrogens (tertiary/aromatic N) is 13. The monoisotopic (exact) mass is 1540 g/mol. The van der Waals surface area contributed by atoms with Gasteiger partial charge in [-0.1, -0.05) is 42.5 Å². The molecule has 24 nitrogen and oxygen atoms in total. The van der Waals surface area contributed by atoms with Crippen LogP contribution < -0.4 is 46.6 Å². The summed E-state index contributed by atoms with van der Waals surface area (Å²) in [7, 11) is 10.6. The van der Waals surface area contributed by atoms with E-state index in [-0.39, 0.29) is 17.7 Å². The third kappa shape index (κ3) is 20.7. The zero-order valence-electron chi connectivity index (χ0n) is 63.1. The summed E-state index contributed by atoms with van der Waals surface area (Å²) in [5, 5.41) is 21.4. The molecule has 3 saturated heterocycles. The van der Waals surface area contributed by atoms with Crippen LogP contribution in [0.4, 0.5) is 52.0 Å². The van der Waals surface area contributed by atoms with Crippen molar-refractivity contribution in [2.45, 2.75) is 25.9 Å². The van der Waals surface area contributed by atoms with Crippen LogP contribution in [0.5, 0.6) is 0 Å². The van der Waals surface area contributed by atoms with Crippen LogP contribution in [0, 0.1) is 0 Å². The first-order valence-electron chi connectivity index (χ1n) is 37.5. The van der Waals surface area contributed by atoms with Crippen molar-refractivity contribution in [1.29, 1.82) is 0 Å². The van der Waals surface area contributed by atoms with E-state index in [1.807, 2.05) is 122 Å². The average molecular weight is 1540 g/mol. The molecule has 111 heavy (non-hydrogen) atoms. The lowest BCUT2D eigenvalue weighted by Gasteiger charge is -2.34. The van der Waals surface area contributed by atoms with Crippen LogP contribution in [0.2, 0.25) is 0 Å². The first kappa shape index (κ1) is 76.3. The van der Waals surface area contributed by atoms with Gasteiger partial charge >= 0.3 is 0 Å². The molecule has 8 N–H and O–H groups in total. The summed E-state index contributed by atoms with van der Waals surface area (Å²) in [5.41, 5.74) is 13.1. The van der Waals surface area contributed by atoms with Crippen molar-refractivity contribution in [3.63, 3.8) is 0 Å². The van der Waals surface area contributed by atoms with E-state index in [0.29, 0.717) is 52.1 Å². The predicted molar refractivity (Wildman–Crippen MR) is 453 cm³/mol. The van der Waals surface area contributed by atoms with Gasteiger partial charge in [0, 0.05) is 180 Å². The Morgan fingerprint density at radius 1 is 0.423 bits per heavy atom. The fourth-order valence-corrected chi connectivity index (χ4v) is 15.9. The minimum absolute atomic E-state index is 0.0285. The van der Waals surface area contributed by atoms with Gasteiger partial charge in [0.05, 0.1) is 46.3 Å². The number of nitrogens with one attached hydrogen (secondary N) is 8. The number of aromatic nitrogens is 8. The van der Waals surface area contributed by atoms with Crippen molar-refractivity contribution in [2.24, 2.45) is 0 Å². The molecule has 0 radical (unpaired) electrons. The summed E-state index contributed by atoms with van der Waals surface area (Å²) in [6, 6.07) is 58.4. The van der Waals surface area contributed by atoms with E-state index in [4.69, 9.17) is 15.0 Å². The number of hydrogen-bond donors (Lipinski definition) is 8. The highest BCUT2D eigenvalue weighted by atomic mass is 32.1. The fraction of sp³-hybridized carbons (Fsp3) is 0.274. The maximum atomic E-state index is 12.9. The van der Waals surface area contributed by atoms with Crippen molar-refractivity contribution in [2.75, 3.05) is 158 Å². The van der Waals surface area contributed by atoms with E-state index in [1.54, 1.807) is 18.6 Å². The molecule has 0 spiro atoms. The molecule has 0 saturated carbocycles. The van der Waals surface area contributed by atoms with Crippen LogP contribution in [-0.2, 0) is 13.1 Å². The second-order valence-electron chi connectivity index (χ2n) is 28.1. The topological polar surface area (TPSA) is 255 Å². The third-order valence-electron chi connectivity index (χ3n) is 19.6. The number of benzene rings is 5. The number of anilines is 9. The van der Waals surface area contributed by atoms with Gasteiger partial charge in [0.1, 0.15) is 0 Å². The van der Waals surface area contributed by atoms with E-state index in [1.165, 1.54) is 51.1 Å². The summed E-state index contributed by atoms with van der Waals surface area (Å²) in [5.74, 6) is 1.37. The van der Waals surface area contributed by atoms with E-state index < -0.39 is 0 Å². The predicted octanol–water partition coefficient (Wildman–Crippen LogP) is 14.0. The lowest BCUT2D eigenvalue weighted by Crippen LogP contribution is -2.44. The molecule has 0 aliphatic carbocycles. The third-order valence-corrected chi connectivity index (χ3v) is 23.0. The summed E-state index contributed by atoms with van der Waals surface area (Å²) < 4.78 is 0. The van der Waals surface area contributed by atoms with E-state index in [0.717, 1.165) is 180 Å². The van der Waals surface area contributed by atoms with Crippen LogP contribution in [0.3, 0.4) is 0 Å². The number of thiophene rings is 3. The van der Waals surface area contributed by atoms with Crippen LogP contribution in [-0.4, -0.2) is 204 Å². The van der Waals surface area contributed by atoms with Gasteiger partial charge < -0.3 is 76.2 Å². The van der Waals surface area contributed by atoms with Gasteiger partial charge in [-0.3, -0.25) is 14.4 Å². The molecule has 0 unspecified atom stereocenters. The Balaban J connectivity index is 0.000000139. The van der Waals surface area contributed by atoms with Crippen molar-refractivity contribution >= 4 is 126 Å². The number of piperazine rings is 3. The number of fused-ring (bicyclic) bond motifs is 2. The van der Waals surface area contributed by atoms with Crippen molar-refractivity contribution in [1.82, 2.24) is 75.4 Å². The number of amides is 3. The van der Waals surface area contributed by atoms with E-state index in [9.17, 15) is 14.4 Å². The number of H-pyrrole nitrogens is 2. The Labute approximate surface area is 659 Å². The van der Waals surface area contributed by atoms with Gasteiger partial charge in [-0.15, -0.1) is 34.0 Å². The summed E-state index contributed by atoms with van der Waals surface area (Å²) in [6.07, 6.45) is 11.1. The van der Waals surface area contributed by atoms with Crippen LogP contribution >= 0.6 is 34.0 Å². The number of hydrogen-bond acceptors (Lipinski definition) is 22. The maximum Gasteiger partial charge on any atom is 0.261 e. The van der Waals surface area contributed by atoms with Gasteiger partial charge in [-0.25, -0.2) is 29.9 Å². The number of aromatic amines is 2. The smallest absolute Gasteiger partial charge is 0.261 e. The van der Waals surface area contributed by atoms with Gasteiger partial charge in [-0.2, -0.15) is 0 Å². The summed E-state index contributed by atoms with van der Waals surface area (Å²) in [6.45, 7) is 15.2. The summed E-state index contributed by atoms with van der Waals surface area (Å²) in [4.78, 5) is 93.1. The Kier molecular flexibility index (Phi) is 25.3. The zero-order chi connectivity index (χ0) is 76.4. The van der Waals surface area contributed by atoms with Gasteiger partial charge in [0.25, 0.3) is 17.7 Å². The molecular formula is C84H93N21O3S3.